The second-order valence-corrected chi connectivity index (χ2v) is 9.13. The van der Waals surface area contributed by atoms with Crippen molar-refractivity contribution in [2.24, 2.45) is 0 Å². The fraction of sp³-hybridized carbons (Fsp3) is 0.107. The minimum Gasteiger partial charge on any atom is -0.326 e. The van der Waals surface area contributed by atoms with Gasteiger partial charge >= 0.3 is 0 Å². The normalized spacial score (nSPS) is 10.5. The third kappa shape index (κ3) is 5.48. The topological polar surface area (TPSA) is 65.8 Å². The smallest absolute Gasteiger partial charge is 0.225 e. The van der Waals surface area contributed by atoms with Crippen LogP contribution in [0, 0.1) is 18.3 Å². The molecule has 3 aromatic carbocycles. The fourth-order valence-corrected chi connectivity index (χ4v) is 4.65. The van der Waals surface area contributed by atoms with E-state index in [0.717, 1.165) is 27.9 Å². The molecule has 4 rings (SSSR count). The van der Waals surface area contributed by atoms with Crippen molar-refractivity contribution in [3.63, 3.8) is 0 Å². The number of hydrogen-bond acceptors (Lipinski definition) is 4. The molecule has 1 heterocycles. The molecule has 1 amide bonds. The molecule has 6 heteroatoms. The Morgan fingerprint density at radius 1 is 1.00 bits per heavy atom. The van der Waals surface area contributed by atoms with Gasteiger partial charge in [0.15, 0.2) is 0 Å². The van der Waals surface area contributed by atoms with Gasteiger partial charge in [-0.15, -0.1) is 11.8 Å². The Morgan fingerprint density at radius 3 is 2.35 bits per heavy atom. The van der Waals surface area contributed by atoms with Gasteiger partial charge in [-0.3, -0.25) is 4.79 Å². The van der Waals surface area contributed by atoms with Gasteiger partial charge in [-0.25, -0.2) is 4.98 Å². The summed E-state index contributed by atoms with van der Waals surface area (Å²) in [4.78, 5) is 17.3. The molecule has 4 aromatic rings. The molecule has 4 nitrogen and oxygen atoms in total. The molecule has 0 radical (unpaired) electrons. The first kappa shape index (κ1) is 23.6. The van der Waals surface area contributed by atoms with Crippen LogP contribution in [0.5, 0.6) is 0 Å². The van der Waals surface area contributed by atoms with Crippen molar-refractivity contribution in [1.29, 1.82) is 5.26 Å². The number of nitrogens with one attached hydrogen (secondary N) is 1. The summed E-state index contributed by atoms with van der Waals surface area (Å²) in [6, 6.07) is 29.4. The van der Waals surface area contributed by atoms with E-state index in [0.29, 0.717) is 27.1 Å². The van der Waals surface area contributed by atoms with E-state index < -0.39 is 0 Å². The maximum Gasteiger partial charge on any atom is 0.225 e. The van der Waals surface area contributed by atoms with E-state index in [9.17, 15) is 10.1 Å². The van der Waals surface area contributed by atoms with Gasteiger partial charge in [0.2, 0.25) is 5.91 Å². The molecule has 0 aliphatic carbocycles. The lowest BCUT2D eigenvalue weighted by atomic mass is 9.99. The highest BCUT2D eigenvalue weighted by molar-refractivity contribution is 7.99. The highest BCUT2D eigenvalue weighted by Gasteiger charge is 2.16. The van der Waals surface area contributed by atoms with E-state index in [1.54, 1.807) is 6.07 Å². The molecule has 0 fully saturated rings. The lowest BCUT2D eigenvalue weighted by molar-refractivity contribution is -0.115. The van der Waals surface area contributed by atoms with E-state index >= 15 is 0 Å². The van der Waals surface area contributed by atoms with Crippen molar-refractivity contribution >= 4 is 35.0 Å². The zero-order chi connectivity index (χ0) is 23.9. The number of carbonyl (C=O) groups is 1. The van der Waals surface area contributed by atoms with E-state index in [-0.39, 0.29) is 12.3 Å². The number of benzene rings is 3. The molecule has 0 aliphatic heterocycles. The molecular weight excluding hydrogens is 462 g/mol. The van der Waals surface area contributed by atoms with Crippen molar-refractivity contribution in [3.8, 4) is 28.5 Å². The van der Waals surface area contributed by atoms with Crippen LogP contribution < -0.4 is 5.32 Å². The zero-order valence-electron chi connectivity index (χ0n) is 18.6. The standard InChI is InChI=1S/C28H22ClN3OS/c1-19-24(29)13-8-14-25(19)31-27(33)15-16-34-28-23(18-30)22(20-9-4-2-5-10-20)17-26(32-28)21-11-6-3-7-12-21/h2-14,17H,15-16H2,1H3,(H,31,33). The van der Waals surface area contributed by atoms with Crippen LogP contribution in [0.3, 0.4) is 0 Å². The quantitative estimate of drug-likeness (QED) is 0.279. The SMILES string of the molecule is Cc1c(Cl)cccc1NC(=O)CCSc1nc(-c2ccccc2)cc(-c2ccccc2)c1C#N. The third-order valence-electron chi connectivity index (χ3n) is 5.36. The van der Waals surface area contributed by atoms with Crippen molar-refractivity contribution < 1.29 is 4.79 Å². The van der Waals surface area contributed by atoms with Crippen LogP contribution in [0.15, 0.2) is 90.0 Å². The Hall–Kier alpha value is -3.59. The first-order valence-corrected chi connectivity index (χ1v) is 12.2. The number of nitrogens with zero attached hydrogens (tertiary/aromatic N) is 2. The molecule has 1 N–H and O–H groups in total. The summed E-state index contributed by atoms with van der Waals surface area (Å²) >= 11 is 7.57. The van der Waals surface area contributed by atoms with Crippen LogP contribution in [0.25, 0.3) is 22.4 Å². The van der Waals surface area contributed by atoms with Gasteiger partial charge in [-0.05, 0) is 36.2 Å². The molecule has 0 aliphatic rings. The van der Waals surface area contributed by atoms with Crippen molar-refractivity contribution in [1.82, 2.24) is 4.98 Å². The maximum atomic E-state index is 12.5. The van der Waals surface area contributed by atoms with Gasteiger partial charge < -0.3 is 5.32 Å². The van der Waals surface area contributed by atoms with Crippen LogP contribution in [0.4, 0.5) is 5.69 Å². The zero-order valence-corrected chi connectivity index (χ0v) is 20.2. The lowest BCUT2D eigenvalue weighted by Crippen LogP contribution is -2.13. The molecule has 0 atom stereocenters. The molecule has 0 spiro atoms. The summed E-state index contributed by atoms with van der Waals surface area (Å²) in [6.45, 7) is 1.87. The number of hydrogen-bond donors (Lipinski definition) is 1. The van der Waals surface area contributed by atoms with Crippen LogP contribution in [-0.4, -0.2) is 16.6 Å². The summed E-state index contributed by atoms with van der Waals surface area (Å²) in [7, 11) is 0. The number of amides is 1. The maximum absolute atomic E-state index is 12.5. The Bertz CT molecular complexity index is 1350. The molecule has 1 aromatic heterocycles. The predicted molar refractivity (Wildman–Crippen MR) is 140 cm³/mol. The number of anilines is 1. The van der Waals surface area contributed by atoms with Gasteiger partial charge in [0.05, 0.1) is 11.3 Å². The molecular formula is C28H22ClN3OS. The van der Waals surface area contributed by atoms with Gasteiger partial charge in [0.1, 0.15) is 11.1 Å². The number of pyridine rings is 1. The minimum atomic E-state index is -0.112. The van der Waals surface area contributed by atoms with E-state index in [4.69, 9.17) is 16.6 Å². The van der Waals surface area contributed by atoms with E-state index in [2.05, 4.69) is 11.4 Å². The summed E-state index contributed by atoms with van der Waals surface area (Å²) in [5.41, 5.74) is 5.60. The highest BCUT2D eigenvalue weighted by Crippen LogP contribution is 2.34. The number of halogens is 1. The first-order valence-electron chi connectivity index (χ1n) is 10.8. The monoisotopic (exact) mass is 483 g/mol. The Kier molecular flexibility index (Phi) is 7.64. The summed E-state index contributed by atoms with van der Waals surface area (Å²) < 4.78 is 0. The Balaban J connectivity index is 1.58. The van der Waals surface area contributed by atoms with Gasteiger partial charge in [0.25, 0.3) is 0 Å². The van der Waals surface area contributed by atoms with E-state index in [1.807, 2.05) is 85.8 Å². The van der Waals surface area contributed by atoms with Crippen molar-refractivity contribution in [3.05, 3.63) is 101 Å². The largest absolute Gasteiger partial charge is 0.326 e. The molecule has 0 bridgehead atoms. The third-order valence-corrected chi connectivity index (χ3v) is 6.75. The molecule has 0 saturated carbocycles. The van der Waals surface area contributed by atoms with Crippen LogP contribution in [0.2, 0.25) is 5.02 Å². The van der Waals surface area contributed by atoms with Crippen molar-refractivity contribution in [2.75, 3.05) is 11.1 Å². The highest BCUT2D eigenvalue weighted by atomic mass is 35.5. The second kappa shape index (κ2) is 11.0. The number of carbonyl (C=O) groups excluding carboxylic acids is 1. The average molecular weight is 484 g/mol. The number of rotatable bonds is 7. The van der Waals surface area contributed by atoms with Crippen LogP contribution in [0.1, 0.15) is 17.5 Å². The van der Waals surface area contributed by atoms with Gasteiger partial charge in [0, 0.05) is 34.0 Å². The fourth-order valence-electron chi connectivity index (χ4n) is 3.53. The lowest BCUT2D eigenvalue weighted by Gasteiger charge is -2.13. The number of thioether (sulfide) groups is 1. The van der Waals surface area contributed by atoms with Gasteiger partial charge in [-0.1, -0.05) is 78.3 Å². The summed E-state index contributed by atoms with van der Waals surface area (Å²) in [6.07, 6.45) is 0.277. The number of aromatic nitrogens is 1. The van der Waals surface area contributed by atoms with Crippen molar-refractivity contribution in [2.45, 2.75) is 18.4 Å². The molecule has 34 heavy (non-hydrogen) atoms. The first-order chi connectivity index (χ1) is 16.6. The second-order valence-electron chi connectivity index (χ2n) is 7.64. The number of nitriles is 1. The summed E-state index contributed by atoms with van der Waals surface area (Å²) in [5, 5.41) is 14.1. The van der Waals surface area contributed by atoms with Crippen LogP contribution in [-0.2, 0) is 4.79 Å². The van der Waals surface area contributed by atoms with Crippen LogP contribution >= 0.6 is 23.4 Å². The van der Waals surface area contributed by atoms with Gasteiger partial charge in [-0.2, -0.15) is 5.26 Å². The average Bonchev–Trinajstić information content (AvgIpc) is 2.87. The molecule has 168 valence electrons. The predicted octanol–water partition coefficient (Wildman–Crippen LogP) is 7.37. The molecule has 0 saturated heterocycles. The summed E-state index contributed by atoms with van der Waals surface area (Å²) in [5.74, 6) is 0.374. The molecule has 0 unspecified atom stereocenters. The Labute approximate surface area is 208 Å². The van der Waals surface area contributed by atoms with E-state index in [1.165, 1.54) is 11.8 Å². The Morgan fingerprint density at radius 2 is 1.68 bits per heavy atom. The minimum absolute atomic E-state index is 0.112.